The Morgan fingerprint density at radius 3 is 2.73 bits per heavy atom. The molecule has 11 heavy (non-hydrogen) atoms. The van der Waals surface area contributed by atoms with Gasteiger partial charge < -0.3 is 4.74 Å². The van der Waals surface area contributed by atoms with Crippen molar-refractivity contribution in [2.24, 2.45) is 0 Å². The molecule has 1 atom stereocenters. The van der Waals surface area contributed by atoms with Crippen molar-refractivity contribution >= 4 is 5.97 Å². The Labute approximate surface area is 66.1 Å². The van der Waals surface area contributed by atoms with Gasteiger partial charge in [0.25, 0.3) is 0 Å². The van der Waals surface area contributed by atoms with Gasteiger partial charge in [-0.15, -0.1) is 0 Å². The molecule has 0 aromatic heterocycles. The first-order chi connectivity index (χ1) is 5.26. The fraction of sp³-hybridized carbons (Fsp3) is 0.875. The summed E-state index contributed by atoms with van der Waals surface area (Å²) in [4.78, 5) is 11.0. The van der Waals surface area contributed by atoms with E-state index in [2.05, 4.69) is 10.1 Å². The minimum absolute atomic E-state index is 0.0255. The van der Waals surface area contributed by atoms with Gasteiger partial charge in [-0.2, -0.15) is 0 Å². The fourth-order valence-corrected chi connectivity index (χ4v) is 1.80. The number of carbonyl (C=O) groups is 1. The molecule has 1 aliphatic heterocycles. The van der Waals surface area contributed by atoms with Crippen LogP contribution in [0.3, 0.4) is 0 Å². The molecule has 0 aromatic rings. The second-order valence-corrected chi connectivity index (χ2v) is 3.54. The van der Waals surface area contributed by atoms with E-state index in [1.165, 1.54) is 20.0 Å². The Morgan fingerprint density at radius 1 is 1.55 bits per heavy atom. The molecule has 1 saturated heterocycles. The Bertz CT molecular complexity index is 187. The van der Waals surface area contributed by atoms with E-state index in [1.54, 1.807) is 0 Å². The molecule has 2 aliphatic rings. The largest absolute Gasteiger partial charge is 0.468 e. The third-order valence-corrected chi connectivity index (χ3v) is 2.73. The summed E-state index contributed by atoms with van der Waals surface area (Å²) < 4.78 is 4.65. The highest BCUT2D eigenvalue weighted by Crippen LogP contribution is 2.44. The van der Waals surface area contributed by atoms with Crippen LogP contribution in [0.15, 0.2) is 0 Å². The molecule has 1 heterocycles. The van der Waals surface area contributed by atoms with Crippen molar-refractivity contribution in [3.05, 3.63) is 0 Å². The maximum absolute atomic E-state index is 11.0. The van der Waals surface area contributed by atoms with Crippen LogP contribution in [0.25, 0.3) is 0 Å². The van der Waals surface area contributed by atoms with E-state index in [0.717, 1.165) is 12.8 Å². The first-order valence-electron chi connectivity index (χ1n) is 4.11. The van der Waals surface area contributed by atoms with Crippen LogP contribution in [0.2, 0.25) is 0 Å². The number of methoxy groups -OCH3 is 1. The Balaban J connectivity index is 1.94. The Hall–Kier alpha value is -0.570. The van der Waals surface area contributed by atoms with Crippen LogP contribution >= 0.6 is 0 Å². The van der Waals surface area contributed by atoms with E-state index in [9.17, 15) is 4.79 Å². The summed E-state index contributed by atoms with van der Waals surface area (Å²) in [6.07, 6.45) is 4.57. The molecule has 3 nitrogen and oxygen atoms in total. The number of hydrogen-bond donors (Lipinski definition) is 1. The molecule has 2 fully saturated rings. The maximum atomic E-state index is 11.0. The summed E-state index contributed by atoms with van der Waals surface area (Å²) in [7, 11) is 1.45. The van der Waals surface area contributed by atoms with Gasteiger partial charge in [-0.05, 0) is 25.7 Å². The van der Waals surface area contributed by atoms with E-state index in [4.69, 9.17) is 0 Å². The highest BCUT2D eigenvalue weighted by molar-refractivity contribution is 5.76. The summed E-state index contributed by atoms with van der Waals surface area (Å²) >= 11 is 0. The van der Waals surface area contributed by atoms with Crippen molar-refractivity contribution in [3.8, 4) is 0 Å². The Morgan fingerprint density at radius 2 is 2.27 bits per heavy atom. The number of carbonyl (C=O) groups excluding carboxylic acids is 1. The van der Waals surface area contributed by atoms with E-state index in [1.807, 2.05) is 0 Å². The SMILES string of the molecule is COC(=O)[C@@H]1CCC2(CC2)N1. The normalized spacial score (nSPS) is 32.3. The number of rotatable bonds is 1. The lowest BCUT2D eigenvalue weighted by Crippen LogP contribution is -2.37. The van der Waals surface area contributed by atoms with E-state index < -0.39 is 0 Å². The number of nitrogens with one attached hydrogen (secondary N) is 1. The van der Waals surface area contributed by atoms with Crippen molar-refractivity contribution in [2.75, 3.05) is 7.11 Å². The molecule has 1 N–H and O–H groups in total. The molecular formula is C8H13NO2. The standard InChI is InChI=1S/C8H13NO2/c1-11-7(10)6-2-3-8(9-6)4-5-8/h6,9H,2-5H2,1H3/t6-/m0/s1. The number of ether oxygens (including phenoxy) is 1. The molecule has 0 unspecified atom stereocenters. The predicted molar refractivity (Wildman–Crippen MR) is 40.1 cm³/mol. The maximum Gasteiger partial charge on any atom is 0.322 e. The zero-order chi connectivity index (χ0) is 7.90. The van der Waals surface area contributed by atoms with Crippen LogP contribution < -0.4 is 5.32 Å². The molecule has 0 aromatic carbocycles. The van der Waals surface area contributed by atoms with Crippen LogP contribution in [0.5, 0.6) is 0 Å². The predicted octanol–water partition coefficient (Wildman–Crippen LogP) is 0.444. The Kier molecular flexibility index (Phi) is 1.42. The first-order valence-corrected chi connectivity index (χ1v) is 4.11. The lowest BCUT2D eigenvalue weighted by molar-refractivity contribution is -0.142. The first kappa shape index (κ1) is 7.10. The topological polar surface area (TPSA) is 38.3 Å². The van der Waals surface area contributed by atoms with Crippen LogP contribution in [-0.4, -0.2) is 24.7 Å². The highest BCUT2D eigenvalue weighted by atomic mass is 16.5. The average molecular weight is 155 g/mol. The van der Waals surface area contributed by atoms with Gasteiger partial charge in [0.15, 0.2) is 0 Å². The minimum Gasteiger partial charge on any atom is -0.468 e. The van der Waals surface area contributed by atoms with Crippen molar-refractivity contribution < 1.29 is 9.53 Å². The highest BCUT2D eigenvalue weighted by Gasteiger charge is 2.49. The molecule has 3 heteroatoms. The van der Waals surface area contributed by atoms with E-state index in [-0.39, 0.29) is 12.0 Å². The zero-order valence-corrected chi connectivity index (χ0v) is 6.72. The van der Waals surface area contributed by atoms with Crippen molar-refractivity contribution in [2.45, 2.75) is 37.3 Å². The van der Waals surface area contributed by atoms with Gasteiger partial charge in [0.2, 0.25) is 0 Å². The second-order valence-electron chi connectivity index (χ2n) is 3.54. The smallest absolute Gasteiger partial charge is 0.322 e. The zero-order valence-electron chi connectivity index (χ0n) is 6.72. The molecule has 0 bridgehead atoms. The second kappa shape index (κ2) is 2.21. The molecular weight excluding hydrogens is 142 g/mol. The van der Waals surface area contributed by atoms with Gasteiger partial charge in [-0.3, -0.25) is 10.1 Å². The lowest BCUT2D eigenvalue weighted by Gasteiger charge is -2.09. The van der Waals surface area contributed by atoms with Crippen LogP contribution in [0.1, 0.15) is 25.7 Å². The van der Waals surface area contributed by atoms with Crippen LogP contribution in [0, 0.1) is 0 Å². The van der Waals surface area contributed by atoms with Crippen molar-refractivity contribution in [1.82, 2.24) is 5.32 Å². The third-order valence-electron chi connectivity index (χ3n) is 2.73. The quantitative estimate of drug-likeness (QED) is 0.558. The number of esters is 1. The molecule has 0 radical (unpaired) electrons. The van der Waals surface area contributed by atoms with Crippen LogP contribution in [-0.2, 0) is 9.53 Å². The lowest BCUT2D eigenvalue weighted by atomic mass is 10.2. The fourth-order valence-electron chi connectivity index (χ4n) is 1.80. The summed E-state index contributed by atoms with van der Waals surface area (Å²) in [6.45, 7) is 0. The summed E-state index contributed by atoms with van der Waals surface area (Å²) in [5, 5.41) is 3.32. The van der Waals surface area contributed by atoms with Crippen molar-refractivity contribution in [3.63, 3.8) is 0 Å². The summed E-state index contributed by atoms with van der Waals surface area (Å²) in [5.74, 6) is -0.103. The average Bonchev–Trinajstić information content (AvgIpc) is 2.61. The van der Waals surface area contributed by atoms with Gasteiger partial charge in [0.1, 0.15) is 6.04 Å². The van der Waals surface area contributed by atoms with Crippen molar-refractivity contribution in [1.29, 1.82) is 0 Å². The number of hydrogen-bond acceptors (Lipinski definition) is 3. The van der Waals surface area contributed by atoms with Gasteiger partial charge in [-0.1, -0.05) is 0 Å². The monoisotopic (exact) mass is 155 g/mol. The molecule has 1 spiro atoms. The van der Waals surface area contributed by atoms with Gasteiger partial charge in [0, 0.05) is 5.54 Å². The van der Waals surface area contributed by atoms with Gasteiger partial charge >= 0.3 is 5.97 Å². The minimum atomic E-state index is -0.103. The molecule has 62 valence electrons. The molecule has 1 aliphatic carbocycles. The van der Waals surface area contributed by atoms with E-state index >= 15 is 0 Å². The molecule has 2 rings (SSSR count). The van der Waals surface area contributed by atoms with Gasteiger partial charge in [0.05, 0.1) is 7.11 Å². The molecule has 1 saturated carbocycles. The van der Waals surface area contributed by atoms with E-state index in [0.29, 0.717) is 5.54 Å². The summed E-state index contributed by atoms with van der Waals surface area (Å²) in [5.41, 5.74) is 0.346. The molecule has 0 amide bonds. The van der Waals surface area contributed by atoms with Gasteiger partial charge in [-0.25, -0.2) is 0 Å². The van der Waals surface area contributed by atoms with Crippen LogP contribution in [0.4, 0.5) is 0 Å². The third kappa shape index (κ3) is 1.13. The summed E-state index contributed by atoms with van der Waals surface area (Å²) in [6, 6.07) is -0.0255.